The molecule has 172 valence electrons. The van der Waals surface area contributed by atoms with E-state index in [-0.39, 0.29) is 11.4 Å². The third-order valence-corrected chi connectivity index (χ3v) is 5.18. The van der Waals surface area contributed by atoms with Gasteiger partial charge in [-0.05, 0) is 48.5 Å². The van der Waals surface area contributed by atoms with E-state index in [1.165, 1.54) is 0 Å². The van der Waals surface area contributed by atoms with Crippen molar-refractivity contribution in [2.24, 2.45) is 5.73 Å². The van der Waals surface area contributed by atoms with E-state index in [0.717, 1.165) is 0 Å². The summed E-state index contributed by atoms with van der Waals surface area (Å²) in [5.41, 5.74) is 5.67. The number of ether oxygens (including phenoxy) is 2. The maximum absolute atomic E-state index is 11.9. The van der Waals surface area contributed by atoms with Gasteiger partial charge in [-0.25, -0.2) is 10.1 Å². The van der Waals surface area contributed by atoms with Crippen LogP contribution < -0.4 is 25.4 Å². The Bertz CT molecular complexity index is 1200. The smallest absolute Gasteiger partial charge is 0.330 e. The summed E-state index contributed by atoms with van der Waals surface area (Å²) in [5, 5.41) is 10.7. The molecule has 1 saturated heterocycles. The molecule has 2 heterocycles. The first-order chi connectivity index (χ1) is 16.5. The van der Waals surface area contributed by atoms with E-state index >= 15 is 0 Å². The molecule has 10 nitrogen and oxygen atoms in total. The van der Waals surface area contributed by atoms with Gasteiger partial charge in [0.2, 0.25) is 5.88 Å². The monoisotopic (exact) mass is 458 g/mol. The first-order valence-electron chi connectivity index (χ1n) is 10.5. The van der Waals surface area contributed by atoms with E-state index < -0.39 is 11.9 Å². The highest BCUT2D eigenvalue weighted by Gasteiger charge is 2.23. The number of para-hydroxylation sites is 1. The van der Waals surface area contributed by atoms with E-state index in [9.17, 15) is 9.59 Å². The molecule has 4 rings (SSSR count). The second kappa shape index (κ2) is 10.2. The molecule has 10 heteroatoms. The molecule has 0 aliphatic carbocycles. The van der Waals surface area contributed by atoms with Crippen LogP contribution in [0.25, 0.3) is 0 Å². The second-order valence-corrected chi connectivity index (χ2v) is 7.39. The first kappa shape index (κ1) is 22.4. The Morgan fingerprint density at radius 1 is 0.882 bits per heavy atom. The standard InChI is InChI=1S/C24H22N6O4/c25-16-27-24(32)30-14-12-29(13-15-30)21-11-10-20(22(26)31)23(28-21)34-19-8-6-18(7-9-19)33-17-4-2-1-3-5-17/h1-11H,12-15H2,(H2,26,31)(H,27,32). The van der Waals surface area contributed by atoms with Crippen LogP contribution in [0.15, 0.2) is 66.7 Å². The number of hydrogen-bond acceptors (Lipinski definition) is 7. The molecule has 2 aromatic carbocycles. The number of nitrogens with one attached hydrogen (secondary N) is 1. The average molecular weight is 458 g/mol. The van der Waals surface area contributed by atoms with Gasteiger partial charge in [0.05, 0.1) is 0 Å². The molecule has 34 heavy (non-hydrogen) atoms. The zero-order valence-electron chi connectivity index (χ0n) is 18.2. The minimum atomic E-state index is -0.656. The highest BCUT2D eigenvalue weighted by molar-refractivity contribution is 5.95. The molecule has 0 bridgehead atoms. The van der Waals surface area contributed by atoms with E-state index in [0.29, 0.717) is 49.2 Å². The number of primary amides is 1. The summed E-state index contributed by atoms with van der Waals surface area (Å²) in [6.45, 7) is 1.86. The Labute approximate surface area is 196 Å². The summed E-state index contributed by atoms with van der Waals surface area (Å²) in [5.74, 6) is 1.83. The molecular weight excluding hydrogens is 436 g/mol. The van der Waals surface area contributed by atoms with Gasteiger partial charge in [-0.1, -0.05) is 18.2 Å². The number of nitrogens with zero attached hydrogens (tertiary/aromatic N) is 4. The van der Waals surface area contributed by atoms with Crippen LogP contribution in [0.3, 0.4) is 0 Å². The predicted molar refractivity (Wildman–Crippen MR) is 124 cm³/mol. The number of nitriles is 1. The zero-order chi connectivity index (χ0) is 23.9. The van der Waals surface area contributed by atoms with Gasteiger partial charge in [0.15, 0.2) is 6.19 Å². The largest absolute Gasteiger partial charge is 0.457 e. The summed E-state index contributed by atoms with van der Waals surface area (Å²) < 4.78 is 11.7. The maximum atomic E-state index is 11.9. The molecular formula is C24H22N6O4. The molecule has 1 fully saturated rings. The lowest BCUT2D eigenvalue weighted by molar-refractivity contribution is 0.0997. The number of piperazine rings is 1. The number of carbonyl (C=O) groups is 2. The molecule has 1 aromatic heterocycles. The van der Waals surface area contributed by atoms with Crippen LogP contribution in [0, 0.1) is 11.5 Å². The number of anilines is 1. The van der Waals surface area contributed by atoms with E-state index in [4.69, 9.17) is 20.5 Å². The third kappa shape index (κ3) is 5.34. The average Bonchev–Trinajstić information content (AvgIpc) is 2.86. The highest BCUT2D eigenvalue weighted by atomic mass is 16.5. The van der Waals surface area contributed by atoms with Gasteiger partial charge in [-0.3, -0.25) is 4.79 Å². The first-order valence-corrected chi connectivity index (χ1v) is 10.5. The summed E-state index contributed by atoms with van der Waals surface area (Å²) >= 11 is 0. The molecule has 3 amide bonds. The number of carbonyl (C=O) groups excluding carboxylic acids is 2. The molecule has 3 aromatic rings. The van der Waals surface area contributed by atoms with Crippen LogP contribution in [0.5, 0.6) is 23.1 Å². The number of hydrogen-bond donors (Lipinski definition) is 2. The number of amides is 3. The van der Waals surface area contributed by atoms with Crippen molar-refractivity contribution in [1.29, 1.82) is 5.26 Å². The molecule has 1 aliphatic heterocycles. The molecule has 3 N–H and O–H groups in total. The number of urea groups is 1. The van der Waals surface area contributed by atoms with Gasteiger partial charge in [0.1, 0.15) is 28.6 Å². The van der Waals surface area contributed by atoms with Crippen molar-refractivity contribution >= 4 is 17.8 Å². The van der Waals surface area contributed by atoms with Crippen LogP contribution in [0.1, 0.15) is 10.4 Å². The maximum Gasteiger partial charge on any atom is 0.330 e. The van der Waals surface area contributed by atoms with Crippen molar-refractivity contribution in [3.8, 4) is 29.3 Å². The fraction of sp³-hybridized carbons (Fsp3) is 0.167. The van der Waals surface area contributed by atoms with Gasteiger partial charge < -0.3 is 25.0 Å². The molecule has 0 saturated carbocycles. The number of benzene rings is 2. The predicted octanol–water partition coefficient (Wildman–Crippen LogP) is 3.08. The van der Waals surface area contributed by atoms with E-state index in [1.807, 2.05) is 35.2 Å². The highest BCUT2D eigenvalue weighted by Crippen LogP contribution is 2.29. The summed E-state index contributed by atoms with van der Waals surface area (Å²) in [4.78, 5) is 31.8. The summed E-state index contributed by atoms with van der Waals surface area (Å²) in [6, 6.07) is 19.2. The normalized spacial score (nSPS) is 13.0. The molecule has 0 unspecified atom stereocenters. The number of aromatic nitrogens is 1. The van der Waals surface area contributed by atoms with Crippen molar-refractivity contribution in [3.05, 3.63) is 72.3 Å². The quantitative estimate of drug-likeness (QED) is 0.428. The lowest BCUT2D eigenvalue weighted by Gasteiger charge is -2.35. The van der Waals surface area contributed by atoms with Crippen molar-refractivity contribution in [2.75, 3.05) is 31.1 Å². The molecule has 0 spiro atoms. The van der Waals surface area contributed by atoms with Crippen molar-refractivity contribution in [3.63, 3.8) is 0 Å². The Balaban J connectivity index is 1.47. The molecule has 0 atom stereocenters. The minimum absolute atomic E-state index is 0.0892. The fourth-order valence-electron chi connectivity index (χ4n) is 3.45. The van der Waals surface area contributed by atoms with Crippen LogP contribution >= 0.6 is 0 Å². The van der Waals surface area contributed by atoms with Crippen molar-refractivity contribution < 1.29 is 19.1 Å². The van der Waals surface area contributed by atoms with Gasteiger partial charge in [-0.2, -0.15) is 10.2 Å². The fourth-order valence-corrected chi connectivity index (χ4v) is 3.45. The van der Waals surface area contributed by atoms with Crippen LogP contribution in [-0.2, 0) is 0 Å². The summed E-state index contributed by atoms with van der Waals surface area (Å²) in [6.07, 6.45) is 1.64. The van der Waals surface area contributed by atoms with Crippen molar-refractivity contribution in [1.82, 2.24) is 15.2 Å². The SMILES string of the molecule is N#CNC(=O)N1CCN(c2ccc(C(N)=O)c(Oc3ccc(Oc4ccccc4)cc3)n2)CC1. The van der Waals surface area contributed by atoms with Crippen LogP contribution in [-0.4, -0.2) is 48.0 Å². The molecule has 1 aliphatic rings. The van der Waals surface area contributed by atoms with Gasteiger partial charge >= 0.3 is 6.03 Å². The van der Waals surface area contributed by atoms with E-state index in [1.54, 1.807) is 47.5 Å². The lowest BCUT2D eigenvalue weighted by atomic mass is 10.2. The van der Waals surface area contributed by atoms with E-state index in [2.05, 4.69) is 10.3 Å². The number of pyridine rings is 1. The van der Waals surface area contributed by atoms with Crippen LogP contribution in [0.2, 0.25) is 0 Å². The Morgan fingerprint density at radius 3 is 2.12 bits per heavy atom. The molecule has 0 radical (unpaired) electrons. The van der Waals surface area contributed by atoms with Gasteiger partial charge in [0.25, 0.3) is 5.91 Å². The van der Waals surface area contributed by atoms with Crippen LogP contribution in [0.4, 0.5) is 10.6 Å². The van der Waals surface area contributed by atoms with Gasteiger partial charge in [-0.15, -0.1) is 0 Å². The lowest BCUT2D eigenvalue weighted by Crippen LogP contribution is -2.51. The number of rotatable bonds is 6. The van der Waals surface area contributed by atoms with Crippen molar-refractivity contribution in [2.45, 2.75) is 0 Å². The van der Waals surface area contributed by atoms with Gasteiger partial charge in [0, 0.05) is 26.2 Å². The zero-order valence-corrected chi connectivity index (χ0v) is 18.2. The second-order valence-electron chi connectivity index (χ2n) is 7.39. The topological polar surface area (TPSA) is 134 Å². The Hall–Kier alpha value is -4.78. The summed E-state index contributed by atoms with van der Waals surface area (Å²) in [7, 11) is 0. The Kier molecular flexibility index (Phi) is 6.74. The number of nitrogens with two attached hydrogens (primary N) is 1. The minimum Gasteiger partial charge on any atom is -0.457 e. The Morgan fingerprint density at radius 2 is 1.50 bits per heavy atom. The third-order valence-electron chi connectivity index (χ3n) is 5.18.